The zero-order chi connectivity index (χ0) is 17.5. The number of aliphatic carboxylic acids is 1. The molecule has 1 heterocycles. The highest BCUT2D eigenvalue weighted by Gasteiger charge is 2.16. The van der Waals surface area contributed by atoms with Gasteiger partial charge in [-0.05, 0) is 63.0 Å². The number of aromatic nitrogens is 1. The molecule has 2 rings (SSSR count). The number of benzene rings is 1. The van der Waals surface area contributed by atoms with Crippen LogP contribution in [0.15, 0.2) is 48.5 Å². The van der Waals surface area contributed by atoms with Crippen LogP contribution in [0.4, 0.5) is 0 Å². The molecular formula is C19H21ClN2O2. The number of rotatable bonds is 7. The number of carboxylic acid groups (broad SMARTS) is 1. The number of carboxylic acids is 1. The van der Waals surface area contributed by atoms with Gasteiger partial charge in [0.15, 0.2) is 0 Å². The minimum Gasteiger partial charge on any atom is -0.478 e. The lowest BCUT2D eigenvalue weighted by atomic mass is 9.91. The summed E-state index contributed by atoms with van der Waals surface area (Å²) >= 11 is 6.00. The van der Waals surface area contributed by atoms with Gasteiger partial charge in [-0.2, -0.15) is 0 Å². The fraction of sp³-hybridized carbons (Fsp3) is 0.263. The van der Waals surface area contributed by atoms with Crippen molar-refractivity contribution in [2.75, 3.05) is 20.6 Å². The lowest BCUT2D eigenvalue weighted by Crippen LogP contribution is -2.17. The summed E-state index contributed by atoms with van der Waals surface area (Å²) in [5.41, 5.74) is 2.71. The van der Waals surface area contributed by atoms with E-state index in [9.17, 15) is 4.79 Å². The number of pyridine rings is 1. The first-order valence-corrected chi connectivity index (χ1v) is 8.11. The highest BCUT2D eigenvalue weighted by Crippen LogP contribution is 2.28. The van der Waals surface area contributed by atoms with Crippen LogP contribution in [0.3, 0.4) is 0 Å². The molecule has 5 heteroatoms. The van der Waals surface area contributed by atoms with Gasteiger partial charge in [-0.15, -0.1) is 0 Å². The summed E-state index contributed by atoms with van der Waals surface area (Å²) in [6.45, 7) is 0.921. The van der Waals surface area contributed by atoms with Crippen molar-refractivity contribution in [2.45, 2.75) is 12.3 Å². The van der Waals surface area contributed by atoms with Crippen LogP contribution < -0.4 is 0 Å². The third-order valence-electron chi connectivity index (χ3n) is 3.68. The largest absolute Gasteiger partial charge is 0.478 e. The molecule has 1 aromatic heterocycles. The first kappa shape index (κ1) is 18.2. The van der Waals surface area contributed by atoms with Gasteiger partial charge in [-0.3, -0.25) is 4.98 Å². The summed E-state index contributed by atoms with van der Waals surface area (Å²) < 4.78 is 0. The van der Waals surface area contributed by atoms with Crippen molar-refractivity contribution >= 4 is 23.6 Å². The Morgan fingerprint density at radius 2 is 1.96 bits per heavy atom. The summed E-state index contributed by atoms with van der Waals surface area (Å²) in [4.78, 5) is 17.4. The molecule has 1 aromatic carbocycles. The van der Waals surface area contributed by atoms with E-state index in [-0.39, 0.29) is 5.92 Å². The van der Waals surface area contributed by atoms with Crippen LogP contribution in [-0.2, 0) is 4.79 Å². The first-order chi connectivity index (χ1) is 11.5. The van der Waals surface area contributed by atoms with Crippen LogP contribution >= 0.6 is 11.6 Å². The Labute approximate surface area is 147 Å². The molecule has 1 unspecified atom stereocenters. The third-order valence-corrected chi connectivity index (χ3v) is 3.94. The number of halogens is 1. The van der Waals surface area contributed by atoms with Gasteiger partial charge < -0.3 is 10.0 Å². The molecular weight excluding hydrogens is 324 g/mol. The van der Waals surface area contributed by atoms with E-state index in [1.165, 1.54) is 6.08 Å². The molecule has 0 fully saturated rings. The molecule has 0 bridgehead atoms. The van der Waals surface area contributed by atoms with Crippen molar-refractivity contribution < 1.29 is 9.90 Å². The van der Waals surface area contributed by atoms with E-state index in [2.05, 4.69) is 9.88 Å². The predicted molar refractivity (Wildman–Crippen MR) is 97.4 cm³/mol. The van der Waals surface area contributed by atoms with Crippen molar-refractivity contribution in [2.24, 2.45) is 0 Å². The second-order valence-corrected chi connectivity index (χ2v) is 6.29. The zero-order valence-electron chi connectivity index (χ0n) is 13.8. The quantitative estimate of drug-likeness (QED) is 0.773. The van der Waals surface area contributed by atoms with E-state index in [0.29, 0.717) is 10.7 Å². The van der Waals surface area contributed by atoms with Crippen LogP contribution in [0, 0.1) is 0 Å². The molecule has 0 aliphatic rings. The lowest BCUT2D eigenvalue weighted by molar-refractivity contribution is -0.131. The van der Waals surface area contributed by atoms with Crippen molar-refractivity contribution in [1.82, 2.24) is 9.88 Å². The Morgan fingerprint density at radius 3 is 2.58 bits per heavy atom. The second-order valence-electron chi connectivity index (χ2n) is 5.85. The maximum Gasteiger partial charge on any atom is 0.328 e. The molecule has 0 aliphatic carbocycles. The molecule has 0 radical (unpaired) electrons. The van der Waals surface area contributed by atoms with E-state index in [4.69, 9.17) is 16.7 Å². The van der Waals surface area contributed by atoms with Crippen LogP contribution in [-0.4, -0.2) is 41.6 Å². The molecule has 1 N–H and O–H groups in total. The summed E-state index contributed by atoms with van der Waals surface area (Å²) in [5.74, 6) is -0.855. The molecule has 4 nitrogen and oxygen atoms in total. The van der Waals surface area contributed by atoms with Crippen LogP contribution in [0.25, 0.3) is 6.08 Å². The van der Waals surface area contributed by atoms with Gasteiger partial charge in [0.05, 0.1) is 5.69 Å². The van der Waals surface area contributed by atoms with Gasteiger partial charge in [0.1, 0.15) is 0 Å². The standard InChI is InChI=1S/C19H21ClN2O2/c1-22(2)13-12-17(14-6-8-15(20)9-7-14)18-5-3-4-16(21-18)10-11-19(23)24/h3-11,17H,12-13H2,1-2H3,(H,23,24). The highest BCUT2D eigenvalue weighted by atomic mass is 35.5. The fourth-order valence-corrected chi connectivity index (χ4v) is 2.61. The molecule has 1 atom stereocenters. The summed E-state index contributed by atoms with van der Waals surface area (Å²) in [6, 6.07) is 13.5. The smallest absolute Gasteiger partial charge is 0.328 e. The molecule has 0 saturated heterocycles. The van der Waals surface area contributed by atoms with E-state index < -0.39 is 5.97 Å². The Morgan fingerprint density at radius 1 is 1.25 bits per heavy atom. The predicted octanol–water partition coefficient (Wildman–Crippen LogP) is 3.92. The normalized spacial score (nSPS) is 12.7. The monoisotopic (exact) mass is 344 g/mol. The van der Waals surface area contributed by atoms with Crippen molar-refractivity contribution in [3.63, 3.8) is 0 Å². The van der Waals surface area contributed by atoms with Crippen molar-refractivity contribution in [3.05, 3.63) is 70.5 Å². The number of carbonyl (C=O) groups is 1. The molecule has 2 aromatic rings. The topological polar surface area (TPSA) is 53.4 Å². The van der Waals surface area contributed by atoms with Gasteiger partial charge in [0.2, 0.25) is 0 Å². The summed E-state index contributed by atoms with van der Waals surface area (Å²) in [6.07, 6.45) is 3.52. The molecule has 0 amide bonds. The van der Waals surface area contributed by atoms with E-state index in [0.717, 1.165) is 30.3 Å². The van der Waals surface area contributed by atoms with Crippen LogP contribution in [0.5, 0.6) is 0 Å². The van der Waals surface area contributed by atoms with Gasteiger partial charge in [0, 0.05) is 22.7 Å². The van der Waals surface area contributed by atoms with Gasteiger partial charge >= 0.3 is 5.97 Å². The molecule has 24 heavy (non-hydrogen) atoms. The number of hydrogen-bond acceptors (Lipinski definition) is 3. The van der Waals surface area contributed by atoms with Crippen LogP contribution in [0.1, 0.15) is 29.3 Å². The summed E-state index contributed by atoms with van der Waals surface area (Å²) in [5, 5.41) is 9.47. The fourth-order valence-electron chi connectivity index (χ4n) is 2.48. The zero-order valence-corrected chi connectivity index (χ0v) is 14.6. The first-order valence-electron chi connectivity index (χ1n) is 7.74. The molecule has 0 aliphatic heterocycles. The maximum atomic E-state index is 10.7. The minimum absolute atomic E-state index is 0.128. The van der Waals surface area contributed by atoms with Crippen molar-refractivity contribution in [3.8, 4) is 0 Å². The third kappa shape index (κ3) is 5.48. The lowest BCUT2D eigenvalue weighted by Gasteiger charge is -2.20. The van der Waals surface area contributed by atoms with E-state index in [1.807, 2.05) is 50.5 Å². The number of nitrogens with zero attached hydrogens (tertiary/aromatic N) is 2. The maximum absolute atomic E-state index is 10.7. The van der Waals surface area contributed by atoms with Gasteiger partial charge in [-0.1, -0.05) is 29.8 Å². The van der Waals surface area contributed by atoms with E-state index in [1.54, 1.807) is 6.07 Å². The Kier molecular flexibility index (Phi) is 6.53. The summed E-state index contributed by atoms with van der Waals surface area (Å²) in [7, 11) is 4.08. The number of hydrogen-bond donors (Lipinski definition) is 1. The Balaban J connectivity index is 2.33. The average molecular weight is 345 g/mol. The Bertz CT molecular complexity index is 712. The van der Waals surface area contributed by atoms with Crippen molar-refractivity contribution in [1.29, 1.82) is 0 Å². The molecule has 0 spiro atoms. The average Bonchev–Trinajstić information content (AvgIpc) is 2.55. The molecule has 126 valence electrons. The molecule has 0 saturated carbocycles. The minimum atomic E-state index is -0.982. The van der Waals surface area contributed by atoms with Crippen LogP contribution in [0.2, 0.25) is 5.02 Å². The SMILES string of the molecule is CN(C)CCC(c1ccc(Cl)cc1)c1cccc(C=CC(=O)O)n1. The Hall–Kier alpha value is -2.17. The van der Waals surface area contributed by atoms with E-state index >= 15 is 0 Å². The highest BCUT2D eigenvalue weighted by molar-refractivity contribution is 6.30. The second kappa shape index (κ2) is 8.62. The van der Waals surface area contributed by atoms with Gasteiger partial charge in [0.25, 0.3) is 0 Å². The van der Waals surface area contributed by atoms with Gasteiger partial charge in [-0.25, -0.2) is 4.79 Å².